The van der Waals surface area contributed by atoms with Crippen molar-refractivity contribution >= 4 is 0 Å². The van der Waals surface area contributed by atoms with E-state index in [9.17, 15) is 0 Å². The van der Waals surface area contributed by atoms with Crippen molar-refractivity contribution in [1.82, 2.24) is 4.90 Å². The number of rotatable bonds is 3. The van der Waals surface area contributed by atoms with E-state index in [0.717, 1.165) is 12.1 Å². The van der Waals surface area contributed by atoms with Gasteiger partial charge in [-0.25, -0.2) is 0 Å². The van der Waals surface area contributed by atoms with Crippen LogP contribution in [0.15, 0.2) is 30.3 Å². The minimum absolute atomic E-state index is 0.558. The van der Waals surface area contributed by atoms with Crippen LogP contribution in [0.2, 0.25) is 0 Å². The number of nitrogens with two attached hydrogens (primary N) is 1. The highest BCUT2D eigenvalue weighted by molar-refractivity contribution is 4.99. The second-order valence-electron chi connectivity index (χ2n) is 2.38. The zero-order chi connectivity index (χ0) is 8.15. The summed E-state index contributed by atoms with van der Waals surface area (Å²) >= 11 is 0. The SMILES string of the molecule is C=C=C(N)N(C)CC(=C)C. The van der Waals surface area contributed by atoms with Crippen LogP contribution >= 0.6 is 0 Å². The van der Waals surface area contributed by atoms with Crippen molar-refractivity contribution in [2.75, 3.05) is 13.6 Å². The second kappa shape index (κ2) is 3.80. The molecular weight excluding hydrogens is 124 g/mol. The average Bonchev–Trinajstić information content (AvgIpc) is 1.85. The Morgan fingerprint density at radius 3 is 2.50 bits per heavy atom. The first kappa shape index (κ1) is 8.86. The summed E-state index contributed by atoms with van der Waals surface area (Å²) in [5.41, 5.74) is 9.16. The van der Waals surface area contributed by atoms with Gasteiger partial charge in [0.1, 0.15) is 5.82 Å². The quantitative estimate of drug-likeness (QED) is 0.467. The molecule has 0 aliphatic rings. The molecule has 0 atom stereocenters. The molecule has 0 heterocycles. The van der Waals surface area contributed by atoms with Gasteiger partial charge in [-0.15, -0.1) is 0 Å². The molecule has 0 spiro atoms. The first-order valence-corrected chi connectivity index (χ1v) is 3.09. The van der Waals surface area contributed by atoms with Gasteiger partial charge in [0.25, 0.3) is 0 Å². The van der Waals surface area contributed by atoms with Crippen LogP contribution < -0.4 is 5.73 Å². The molecule has 0 amide bonds. The molecule has 2 heteroatoms. The Morgan fingerprint density at radius 1 is 1.70 bits per heavy atom. The molecule has 10 heavy (non-hydrogen) atoms. The standard InChI is InChI=1S/C8H14N2/c1-5-8(9)10(4)6-7(2)3/h1-2,6,9H2,3-4H3. The third-order valence-corrected chi connectivity index (χ3v) is 1.10. The maximum absolute atomic E-state index is 5.49. The van der Waals surface area contributed by atoms with Crippen LogP contribution in [0, 0.1) is 0 Å². The van der Waals surface area contributed by atoms with Crippen LogP contribution in [-0.2, 0) is 0 Å². The Bertz CT molecular complexity index is 176. The van der Waals surface area contributed by atoms with Gasteiger partial charge >= 0.3 is 0 Å². The summed E-state index contributed by atoms with van der Waals surface area (Å²) in [7, 11) is 1.88. The minimum Gasteiger partial charge on any atom is -0.379 e. The largest absolute Gasteiger partial charge is 0.379 e. The molecule has 0 aromatic carbocycles. The highest BCUT2D eigenvalue weighted by atomic mass is 15.2. The summed E-state index contributed by atoms with van der Waals surface area (Å²) in [5.74, 6) is 0.558. The van der Waals surface area contributed by atoms with E-state index in [2.05, 4.69) is 18.9 Å². The summed E-state index contributed by atoms with van der Waals surface area (Å²) in [6.45, 7) is 9.89. The Hall–Kier alpha value is -1.14. The zero-order valence-corrected chi connectivity index (χ0v) is 6.65. The number of likely N-dealkylation sites (N-methyl/N-ethyl adjacent to an activating group) is 1. The Balaban J connectivity index is 3.97. The lowest BCUT2D eigenvalue weighted by atomic mass is 10.3. The van der Waals surface area contributed by atoms with Crippen molar-refractivity contribution in [3.05, 3.63) is 30.3 Å². The average molecular weight is 138 g/mol. The van der Waals surface area contributed by atoms with Crippen molar-refractivity contribution in [3.63, 3.8) is 0 Å². The summed E-state index contributed by atoms with van der Waals surface area (Å²) in [6, 6.07) is 0. The van der Waals surface area contributed by atoms with Crippen molar-refractivity contribution < 1.29 is 0 Å². The first-order valence-electron chi connectivity index (χ1n) is 3.09. The van der Waals surface area contributed by atoms with Crippen LogP contribution in [0.5, 0.6) is 0 Å². The van der Waals surface area contributed by atoms with Crippen LogP contribution in [0.1, 0.15) is 6.92 Å². The molecule has 0 rings (SSSR count). The predicted octanol–water partition coefficient (Wildman–Crippen LogP) is 1.08. The molecule has 2 nitrogen and oxygen atoms in total. The van der Waals surface area contributed by atoms with Gasteiger partial charge in [-0.1, -0.05) is 24.5 Å². The highest BCUT2D eigenvalue weighted by Gasteiger charge is 1.96. The summed E-state index contributed by atoms with van der Waals surface area (Å²) in [4.78, 5) is 1.84. The highest BCUT2D eigenvalue weighted by Crippen LogP contribution is 1.95. The molecule has 0 unspecified atom stereocenters. The smallest absolute Gasteiger partial charge is 0.143 e. The van der Waals surface area contributed by atoms with Crippen molar-refractivity contribution in [1.29, 1.82) is 0 Å². The fourth-order valence-electron chi connectivity index (χ4n) is 0.625. The fraction of sp³-hybridized carbons (Fsp3) is 0.375. The maximum Gasteiger partial charge on any atom is 0.143 e. The summed E-state index contributed by atoms with van der Waals surface area (Å²) in [5, 5.41) is 0. The van der Waals surface area contributed by atoms with Crippen LogP contribution in [0.3, 0.4) is 0 Å². The molecule has 2 N–H and O–H groups in total. The molecule has 0 aromatic heterocycles. The molecule has 0 aliphatic heterocycles. The van der Waals surface area contributed by atoms with Gasteiger partial charge < -0.3 is 10.6 Å². The molecule has 0 bridgehead atoms. The normalized spacial score (nSPS) is 8.20. The van der Waals surface area contributed by atoms with Gasteiger partial charge in [-0.3, -0.25) is 0 Å². The van der Waals surface area contributed by atoms with Gasteiger partial charge in [-0.2, -0.15) is 0 Å². The van der Waals surface area contributed by atoms with Crippen LogP contribution in [-0.4, -0.2) is 18.5 Å². The van der Waals surface area contributed by atoms with Crippen molar-refractivity contribution in [2.45, 2.75) is 6.92 Å². The summed E-state index contributed by atoms with van der Waals surface area (Å²) in [6.07, 6.45) is 0. The van der Waals surface area contributed by atoms with Gasteiger partial charge in [0.2, 0.25) is 0 Å². The molecule has 0 aliphatic carbocycles. The van der Waals surface area contributed by atoms with Crippen molar-refractivity contribution in [2.24, 2.45) is 5.73 Å². The first-order chi connectivity index (χ1) is 4.57. The van der Waals surface area contributed by atoms with Gasteiger partial charge in [0.05, 0.1) is 0 Å². The maximum atomic E-state index is 5.49. The third kappa shape index (κ3) is 3.00. The van der Waals surface area contributed by atoms with Gasteiger partial charge in [-0.05, 0) is 6.92 Å². The van der Waals surface area contributed by atoms with Crippen molar-refractivity contribution in [3.8, 4) is 0 Å². The van der Waals surface area contributed by atoms with E-state index < -0.39 is 0 Å². The zero-order valence-electron chi connectivity index (χ0n) is 6.65. The molecule has 56 valence electrons. The van der Waals surface area contributed by atoms with Crippen LogP contribution in [0.25, 0.3) is 0 Å². The molecular formula is C8H14N2. The molecule has 0 fully saturated rings. The van der Waals surface area contributed by atoms with E-state index in [1.165, 1.54) is 0 Å². The van der Waals surface area contributed by atoms with E-state index >= 15 is 0 Å². The third-order valence-electron chi connectivity index (χ3n) is 1.10. The van der Waals surface area contributed by atoms with E-state index in [4.69, 9.17) is 5.73 Å². The van der Waals surface area contributed by atoms with E-state index in [0.29, 0.717) is 5.82 Å². The van der Waals surface area contributed by atoms with E-state index in [-0.39, 0.29) is 0 Å². The second-order valence-corrected chi connectivity index (χ2v) is 2.38. The Morgan fingerprint density at radius 2 is 2.20 bits per heavy atom. The topological polar surface area (TPSA) is 29.3 Å². The fourth-order valence-corrected chi connectivity index (χ4v) is 0.625. The lowest BCUT2D eigenvalue weighted by molar-refractivity contribution is 0.450. The molecule has 0 aromatic rings. The summed E-state index contributed by atoms with van der Waals surface area (Å²) < 4.78 is 0. The number of hydrogen-bond acceptors (Lipinski definition) is 2. The Kier molecular flexibility index (Phi) is 3.37. The lowest BCUT2D eigenvalue weighted by Gasteiger charge is -2.16. The Labute approximate surface area is 62.3 Å². The molecule has 0 saturated heterocycles. The van der Waals surface area contributed by atoms with E-state index in [1.54, 1.807) is 0 Å². The number of nitrogens with zero attached hydrogens (tertiary/aromatic N) is 1. The lowest BCUT2D eigenvalue weighted by Crippen LogP contribution is -2.24. The van der Waals surface area contributed by atoms with Gasteiger partial charge in [0.15, 0.2) is 0 Å². The van der Waals surface area contributed by atoms with Gasteiger partial charge in [0, 0.05) is 13.6 Å². The molecule has 0 saturated carbocycles. The monoisotopic (exact) mass is 138 g/mol. The number of hydrogen-bond donors (Lipinski definition) is 1. The molecule has 0 radical (unpaired) electrons. The minimum atomic E-state index is 0.558. The van der Waals surface area contributed by atoms with E-state index in [1.807, 2.05) is 18.9 Å². The van der Waals surface area contributed by atoms with Crippen LogP contribution in [0.4, 0.5) is 0 Å². The predicted molar refractivity (Wildman–Crippen MR) is 44.3 cm³/mol.